The molecule has 4 rings (SSSR count). The molecule has 0 spiro atoms. The van der Waals surface area contributed by atoms with E-state index in [1.807, 2.05) is 22.9 Å². The van der Waals surface area contributed by atoms with Crippen molar-refractivity contribution in [3.8, 4) is 0 Å². The van der Waals surface area contributed by atoms with Crippen molar-refractivity contribution >= 4 is 64.2 Å². The minimum Gasteiger partial charge on any atom is -0.366 e. The van der Waals surface area contributed by atoms with Gasteiger partial charge in [-0.3, -0.25) is 19.2 Å². The average molecular weight is 571 g/mol. The molecular formula is C30H26N4O4S2. The van der Waals surface area contributed by atoms with Crippen LogP contribution in [-0.2, 0) is 9.59 Å². The molecule has 1 heterocycles. The Morgan fingerprint density at radius 3 is 2.10 bits per heavy atom. The summed E-state index contributed by atoms with van der Waals surface area (Å²) >= 11 is 2.84. The molecule has 0 saturated carbocycles. The number of carbonyl (C=O) groups is 4. The Labute approximate surface area is 239 Å². The van der Waals surface area contributed by atoms with Crippen molar-refractivity contribution < 1.29 is 19.2 Å². The van der Waals surface area contributed by atoms with Crippen LogP contribution >= 0.6 is 23.1 Å². The summed E-state index contributed by atoms with van der Waals surface area (Å²) in [6.07, 6.45) is 1.62. The van der Waals surface area contributed by atoms with E-state index in [0.29, 0.717) is 22.5 Å². The number of hydrogen-bond donors (Lipinski definition) is 4. The van der Waals surface area contributed by atoms with Gasteiger partial charge in [0.15, 0.2) is 0 Å². The summed E-state index contributed by atoms with van der Waals surface area (Å²) in [5.74, 6) is -1.59. The zero-order chi connectivity index (χ0) is 28.5. The monoisotopic (exact) mass is 570 g/mol. The van der Waals surface area contributed by atoms with Crippen LogP contribution in [0.1, 0.15) is 33.2 Å². The normalized spacial score (nSPS) is 11.8. The molecule has 40 heavy (non-hydrogen) atoms. The van der Waals surface area contributed by atoms with Crippen molar-refractivity contribution in [1.82, 2.24) is 5.32 Å². The van der Waals surface area contributed by atoms with E-state index in [1.54, 1.807) is 85.8 Å². The van der Waals surface area contributed by atoms with Crippen LogP contribution in [-0.4, -0.2) is 28.9 Å². The summed E-state index contributed by atoms with van der Waals surface area (Å²) in [4.78, 5) is 50.5. The standard InChI is InChI=1S/C30H26N4O4S2/c1-19(28(36)32-23-9-7-21(8-10-23)27(31)35)40-25-13-11-24(12-14-25)33-30(38)26(17-20-15-16-39-18-20)34-29(37)22-5-3-2-4-6-22/h2-19H,1H3,(H2,31,35)(H,32,36)(H,33,38)(H,34,37)/b26-17-. The number of thioether (sulfide) groups is 1. The van der Waals surface area contributed by atoms with Crippen LogP contribution in [0.4, 0.5) is 11.4 Å². The smallest absolute Gasteiger partial charge is 0.272 e. The van der Waals surface area contributed by atoms with Gasteiger partial charge in [0.25, 0.3) is 11.8 Å². The summed E-state index contributed by atoms with van der Waals surface area (Å²) in [7, 11) is 0. The lowest BCUT2D eigenvalue weighted by Crippen LogP contribution is -2.30. The Kier molecular flexibility index (Phi) is 9.50. The molecular weight excluding hydrogens is 544 g/mol. The second-order valence-corrected chi connectivity index (χ2v) is 10.8. The van der Waals surface area contributed by atoms with Gasteiger partial charge >= 0.3 is 0 Å². The Morgan fingerprint density at radius 1 is 0.825 bits per heavy atom. The lowest BCUT2D eigenvalue weighted by atomic mass is 10.2. The predicted molar refractivity (Wildman–Crippen MR) is 160 cm³/mol. The van der Waals surface area contributed by atoms with Crippen LogP contribution in [0.5, 0.6) is 0 Å². The molecule has 0 aliphatic carbocycles. The Bertz CT molecular complexity index is 1520. The van der Waals surface area contributed by atoms with E-state index in [0.717, 1.165) is 10.5 Å². The van der Waals surface area contributed by atoms with Gasteiger partial charge in [-0.2, -0.15) is 11.3 Å². The van der Waals surface area contributed by atoms with E-state index in [2.05, 4.69) is 16.0 Å². The quantitative estimate of drug-likeness (QED) is 0.150. The number of thiophene rings is 1. The molecule has 4 amide bonds. The van der Waals surface area contributed by atoms with Gasteiger partial charge in [0.1, 0.15) is 5.70 Å². The number of benzene rings is 3. The second-order valence-electron chi connectivity index (χ2n) is 8.60. The maximum absolute atomic E-state index is 13.1. The van der Waals surface area contributed by atoms with E-state index in [-0.39, 0.29) is 17.5 Å². The maximum Gasteiger partial charge on any atom is 0.272 e. The zero-order valence-electron chi connectivity index (χ0n) is 21.4. The fourth-order valence-electron chi connectivity index (χ4n) is 3.50. The van der Waals surface area contributed by atoms with Crippen LogP contribution in [0.25, 0.3) is 6.08 Å². The van der Waals surface area contributed by atoms with Crippen molar-refractivity contribution in [2.75, 3.05) is 10.6 Å². The van der Waals surface area contributed by atoms with Crippen LogP contribution in [0.15, 0.2) is 106 Å². The molecule has 1 aromatic heterocycles. The highest BCUT2D eigenvalue weighted by atomic mass is 32.2. The Hall–Kier alpha value is -4.67. The molecule has 4 aromatic rings. The molecule has 3 aromatic carbocycles. The molecule has 0 aliphatic heterocycles. The molecule has 8 nitrogen and oxygen atoms in total. The van der Waals surface area contributed by atoms with E-state index in [4.69, 9.17) is 5.73 Å². The van der Waals surface area contributed by atoms with Gasteiger partial charge < -0.3 is 21.7 Å². The van der Waals surface area contributed by atoms with Gasteiger partial charge in [-0.25, -0.2) is 0 Å². The first-order chi connectivity index (χ1) is 19.3. The van der Waals surface area contributed by atoms with Gasteiger partial charge in [-0.1, -0.05) is 18.2 Å². The Morgan fingerprint density at radius 2 is 1.48 bits per heavy atom. The maximum atomic E-state index is 13.1. The van der Waals surface area contributed by atoms with Crippen molar-refractivity contribution in [3.05, 3.63) is 118 Å². The lowest BCUT2D eigenvalue weighted by Gasteiger charge is -2.13. The Balaban J connectivity index is 1.37. The molecule has 5 N–H and O–H groups in total. The van der Waals surface area contributed by atoms with Crippen molar-refractivity contribution in [1.29, 1.82) is 0 Å². The minimum atomic E-state index is -0.534. The minimum absolute atomic E-state index is 0.111. The molecule has 1 unspecified atom stereocenters. The van der Waals surface area contributed by atoms with Gasteiger partial charge in [-0.15, -0.1) is 11.8 Å². The van der Waals surface area contributed by atoms with Gasteiger partial charge in [0.05, 0.1) is 5.25 Å². The molecule has 0 aliphatic rings. The zero-order valence-corrected chi connectivity index (χ0v) is 23.1. The molecule has 10 heteroatoms. The van der Waals surface area contributed by atoms with E-state index in [1.165, 1.54) is 23.1 Å². The van der Waals surface area contributed by atoms with Gasteiger partial charge in [0, 0.05) is 27.4 Å². The average Bonchev–Trinajstić information content (AvgIpc) is 3.47. The first-order valence-corrected chi connectivity index (χ1v) is 14.0. The fraction of sp³-hybridized carbons (Fsp3) is 0.0667. The summed E-state index contributed by atoms with van der Waals surface area (Å²) in [5.41, 5.74) is 8.05. The topological polar surface area (TPSA) is 130 Å². The van der Waals surface area contributed by atoms with Crippen molar-refractivity contribution in [3.63, 3.8) is 0 Å². The molecule has 1 atom stereocenters. The third-order valence-electron chi connectivity index (χ3n) is 5.61. The summed E-state index contributed by atoms with van der Waals surface area (Å²) in [6, 6.07) is 23.9. The van der Waals surface area contributed by atoms with Crippen LogP contribution in [0.2, 0.25) is 0 Å². The van der Waals surface area contributed by atoms with Crippen LogP contribution in [0.3, 0.4) is 0 Å². The summed E-state index contributed by atoms with van der Waals surface area (Å²) in [5, 5.41) is 11.7. The van der Waals surface area contributed by atoms with Crippen molar-refractivity contribution in [2.24, 2.45) is 5.73 Å². The molecule has 0 bridgehead atoms. The third-order valence-corrected chi connectivity index (χ3v) is 7.43. The summed E-state index contributed by atoms with van der Waals surface area (Å²) in [6.45, 7) is 1.78. The van der Waals surface area contributed by atoms with Crippen LogP contribution < -0.4 is 21.7 Å². The SMILES string of the molecule is CC(Sc1ccc(NC(=O)/C(=C/c2ccsc2)NC(=O)c2ccccc2)cc1)C(=O)Nc1ccc(C(N)=O)cc1. The number of carbonyl (C=O) groups excluding carboxylic acids is 4. The molecule has 0 radical (unpaired) electrons. The second kappa shape index (κ2) is 13.4. The number of primary amides is 1. The molecule has 0 saturated heterocycles. The number of anilines is 2. The highest BCUT2D eigenvalue weighted by molar-refractivity contribution is 8.00. The van der Waals surface area contributed by atoms with E-state index < -0.39 is 17.1 Å². The number of rotatable bonds is 10. The molecule has 202 valence electrons. The van der Waals surface area contributed by atoms with Crippen LogP contribution in [0, 0.1) is 0 Å². The number of nitrogens with one attached hydrogen (secondary N) is 3. The number of nitrogens with two attached hydrogens (primary N) is 1. The largest absolute Gasteiger partial charge is 0.366 e. The highest BCUT2D eigenvalue weighted by Gasteiger charge is 2.17. The fourth-order valence-corrected chi connectivity index (χ4v) is 4.99. The highest BCUT2D eigenvalue weighted by Crippen LogP contribution is 2.26. The predicted octanol–water partition coefficient (Wildman–Crippen LogP) is 5.38. The third kappa shape index (κ3) is 7.92. The molecule has 0 fully saturated rings. The lowest BCUT2D eigenvalue weighted by molar-refractivity contribution is -0.115. The number of hydrogen-bond acceptors (Lipinski definition) is 6. The van der Waals surface area contributed by atoms with E-state index in [9.17, 15) is 19.2 Å². The summed E-state index contributed by atoms with van der Waals surface area (Å²) < 4.78 is 0. The first kappa shape index (κ1) is 28.3. The number of amides is 4. The van der Waals surface area contributed by atoms with E-state index >= 15 is 0 Å². The van der Waals surface area contributed by atoms with Gasteiger partial charge in [-0.05, 0) is 96.1 Å². The van der Waals surface area contributed by atoms with Crippen molar-refractivity contribution in [2.45, 2.75) is 17.1 Å². The van der Waals surface area contributed by atoms with Gasteiger partial charge in [0.2, 0.25) is 11.8 Å². The first-order valence-electron chi connectivity index (χ1n) is 12.2.